The van der Waals surface area contributed by atoms with Crippen LogP contribution in [-0.4, -0.2) is 41.9 Å². The highest BCUT2D eigenvalue weighted by Crippen LogP contribution is 2.28. The van der Waals surface area contributed by atoms with Crippen molar-refractivity contribution in [2.45, 2.75) is 50.3 Å². The average molecular weight is 489 g/mol. The molecular formula is C23H28N4O4S2. The Labute approximate surface area is 198 Å². The fraction of sp³-hybridized carbons (Fsp3) is 0.348. The first kappa shape index (κ1) is 24.9. The summed E-state index contributed by atoms with van der Waals surface area (Å²) in [6.45, 7) is 9.81. The van der Waals surface area contributed by atoms with E-state index in [0.717, 1.165) is 17.0 Å². The van der Waals surface area contributed by atoms with Gasteiger partial charge in [-0.1, -0.05) is 25.1 Å². The number of thioether (sulfide) groups is 1. The Balaban J connectivity index is 1.84. The molecule has 0 unspecified atom stereocenters. The lowest BCUT2D eigenvalue weighted by molar-refractivity contribution is 0.102. The van der Waals surface area contributed by atoms with Gasteiger partial charge in [-0.3, -0.25) is 4.79 Å². The minimum atomic E-state index is -3.65. The van der Waals surface area contributed by atoms with Crippen molar-refractivity contribution < 1.29 is 17.7 Å². The molecule has 0 spiro atoms. The van der Waals surface area contributed by atoms with Crippen LogP contribution in [0.15, 0.2) is 51.0 Å². The number of sulfonamides is 1. The van der Waals surface area contributed by atoms with Gasteiger partial charge in [-0.2, -0.15) is 4.31 Å². The number of nitrogens with zero attached hydrogens (tertiary/aromatic N) is 3. The topological polar surface area (TPSA) is 105 Å². The van der Waals surface area contributed by atoms with Crippen LogP contribution in [0.25, 0.3) is 0 Å². The standard InChI is InChI=1S/C23H28N4O4S2/c1-6-27(7-2)33(29,30)21-13-18(11-10-15(21)3)25-22(28)19-9-8-12-24-23(19)32-14-20-16(4)26-31-17(20)5/h8-13H,6-7,14H2,1-5H3,(H,25,28). The average Bonchev–Trinajstić information content (AvgIpc) is 3.11. The Kier molecular flexibility index (Phi) is 7.93. The summed E-state index contributed by atoms with van der Waals surface area (Å²) in [5, 5.41) is 7.35. The molecule has 3 aromatic rings. The first-order valence-electron chi connectivity index (χ1n) is 10.6. The number of hydrogen-bond donors (Lipinski definition) is 1. The van der Waals surface area contributed by atoms with Crippen LogP contribution in [0.5, 0.6) is 0 Å². The highest BCUT2D eigenvalue weighted by molar-refractivity contribution is 7.98. The van der Waals surface area contributed by atoms with Crippen molar-refractivity contribution in [1.29, 1.82) is 0 Å². The van der Waals surface area contributed by atoms with Gasteiger partial charge < -0.3 is 9.84 Å². The number of rotatable bonds is 9. The van der Waals surface area contributed by atoms with E-state index >= 15 is 0 Å². The number of benzene rings is 1. The van der Waals surface area contributed by atoms with Gasteiger partial charge in [-0.15, -0.1) is 11.8 Å². The van der Waals surface area contributed by atoms with Crippen molar-refractivity contribution in [3.63, 3.8) is 0 Å². The van der Waals surface area contributed by atoms with Gasteiger partial charge >= 0.3 is 0 Å². The van der Waals surface area contributed by atoms with E-state index in [2.05, 4.69) is 15.5 Å². The quantitative estimate of drug-likeness (QED) is 0.440. The van der Waals surface area contributed by atoms with Crippen LogP contribution in [0.1, 0.15) is 46.8 Å². The third-order valence-electron chi connectivity index (χ3n) is 5.32. The molecule has 0 saturated carbocycles. The van der Waals surface area contributed by atoms with Crippen molar-refractivity contribution in [3.05, 3.63) is 64.7 Å². The number of anilines is 1. The van der Waals surface area contributed by atoms with E-state index in [1.165, 1.54) is 22.1 Å². The second kappa shape index (κ2) is 10.5. The zero-order chi connectivity index (χ0) is 24.2. The van der Waals surface area contributed by atoms with Crippen LogP contribution in [0, 0.1) is 20.8 Å². The molecular weight excluding hydrogens is 460 g/mol. The monoisotopic (exact) mass is 488 g/mol. The molecule has 0 bridgehead atoms. The van der Waals surface area contributed by atoms with Crippen molar-refractivity contribution in [1.82, 2.24) is 14.4 Å². The van der Waals surface area contributed by atoms with Crippen molar-refractivity contribution in [3.8, 4) is 0 Å². The van der Waals surface area contributed by atoms with Crippen molar-refractivity contribution in [2.75, 3.05) is 18.4 Å². The van der Waals surface area contributed by atoms with Gasteiger partial charge in [0.1, 0.15) is 10.8 Å². The fourth-order valence-corrected chi connectivity index (χ4v) is 6.24. The predicted molar refractivity (Wildman–Crippen MR) is 129 cm³/mol. The number of hydrogen-bond acceptors (Lipinski definition) is 7. The summed E-state index contributed by atoms with van der Waals surface area (Å²) in [6.07, 6.45) is 1.63. The minimum absolute atomic E-state index is 0.184. The fourth-order valence-electron chi connectivity index (χ4n) is 3.38. The number of nitrogens with one attached hydrogen (secondary N) is 1. The minimum Gasteiger partial charge on any atom is -0.361 e. The maximum atomic E-state index is 13.1. The molecule has 1 N–H and O–H groups in total. The summed E-state index contributed by atoms with van der Waals surface area (Å²) in [7, 11) is -3.65. The lowest BCUT2D eigenvalue weighted by Gasteiger charge is -2.20. The predicted octanol–water partition coefficient (Wildman–Crippen LogP) is 4.57. The molecule has 0 fully saturated rings. The first-order chi connectivity index (χ1) is 15.7. The van der Waals surface area contributed by atoms with Crippen LogP contribution >= 0.6 is 11.8 Å². The number of aryl methyl sites for hydroxylation is 3. The van der Waals surface area contributed by atoms with E-state index in [1.54, 1.807) is 51.2 Å². The zero-order valence-corrected chi connectivity index (χ0v) is 21.0. The maximum absolute atomic E-state index is 13.1. The third kappa shape index (κ3) is 5.45. The summed E-state index contributed by atoms with van der Waals surface area (Å²) in [5.41, 5.74) is 3.21. The molecule has 1 aromatic carbocycles. The largest absolute Gasteiger partial charge is 0.361 e. The molecule has 0 aliphatic heterocycles. The summed E-state index contributed by atoms with van der Waals surface area (Å²) in [4.78, 5) is 17.6. The summed E-state index contributed by atoms with van der Waals surface area (Å²) in [5.74, 6) is 0.942. The van der Waals surface area contributed by atoms with Crippen LogP contribution in [-0.2, 0) is 15.8 Å². The summed E-state index contributed by atoms with van der Waals surface area (Å²) < 4.78 is 32.6. The van der Waals surface area contributed by atoms with Gasteiger partial charge in [0.15, 0.2) is 0 Å². The van der Waals surface area contributed by atoms with Gasteiger partial charge in [-0.05, 0) is 50.6 Å². The Bertz CT molecular complexity index is 1230. The number of carbonyl (C=O) groups is 1. The van der Waals surface area contributed by atoms with Crippen LogP contribution in [0.2, 0.25) is 0 Å². The smallest absolute Gasteiger partial charge is 0.258 e. The zero-order valence-electron chi connectivity index (χ0n) is 19.4. The molecule has 0 atom stereocenters. The van der Waals surface area contributed by atoms with Crippen LogP contribution in [0.4, 0.5) is 5.69 Å². The normalized spacial score (nSPS) is 11.7. The Hall–Kier alpha value is -2.69. The van der Waals surface area contributed by atoms with Gasteiger partial charge in [-0.25, -0.2) is 13.4 Å². The molecule has 3 rings (SSSR count). The molecule has 0 aliphatic rings. The van der Waals surface area contributed by atoms with Gasteiger partial charge in [0.25, 0.3) is 5.91 Å². The summed E-state index contributed by atoms with van der Waals surface area (Å²) in [6, 6.07) is 8.29. The van der Waals surface area contributed by atoms with E-state index in [0.29, 0.717) is 40.7 Å². The van der Waals surface area contributed by atoms with Crippen LogP contribution < -0.4 is 5.32 Å². The lowest BCUT2D eigenvalue weighted by atomic mass is 10.2. The van der Waals surface area contributed by atoms with E-state index in [9.17, 15) is 13.2 Å². The molecule has 8 nitrogen and oxygen atoms in total. The molecule has 0 aliphatic carbocycles. The lowest BCUT2D eigenvalue weighted by Crippen LogP contribution is -2.31. The molecule has 0 radical (unpaired) electrons. The molecule has 2 heterocycles. The molecule has 0 saturated heterocycles. The van der Waals surface area contributed by atoms with E-state index in [1.807, 2.05) is 13.8 Å². The van der Waals surface area contributed by atoms with Crippen molar-refractivity contribution in [2.24, 2.45) is 0 Å². The Morgan fingerprint density at radius 2 is 1.88 bits per heavy atom. The van der Waals surface area contributed by atoms with E-state index in [-0.39, 0.29) is 10.8 Å². The van der Waals surface area contributed by atoms with Crippen LogP contribution in [0.3, 0.4) is 0 Å². The molecule has 2 aromatic heterocycles. The molecule has 33 heavy (non-hydrogen) atoms. The highest BCUT2D eigenvalue weighted by atomic mass is 32.2. The van der Waals surface area contributed by atoms with Gasteiger partial charge in [0.2, 0.25) is 10.0 Å². The van der Waals surface area contributed by atoms with Crippen molar-refractivity contribution >= 4 is 33.4 Å². The summed E-state index contributed by atoms with van der Waals surface area (Å²) >= 11 is 1.42. The second-order valence-electron chi connectivity index (χ2n) is 7.47. The van der Waals surface area contributed by atoms with Gasteiger partial charge in [0.05, 0.1) is 16.2 Å². The van der Waals surface area contributed by atoms with E-state index < -0.39 is 10.0 Å². The molecule has 1 amide bonds. The van der Waals surface area contributed by atoms with Gasteiger partial charge in [0, 0.05) is 36.3 Å². The number of carbonyl (C=O) groups excluding carboxylic acids is 1. The molecule has 10 heteroatoms. The Morgan fingerprint density at radius 1 is 1.15 bits per heavy atom. The number of amides is 1. The first-order valence-corrected chi connectivity index (χ1v) is 13.0. The SMILES string of the molecule is CCN(CC)S(=O)(=O)c1cc(NC(=O)c2cccnc2SCc2c(C)noc2C)ccc1C. The number of pyridine rings is 1. The highest BCUT2D eigenvalue weighted by Gasteiger charge is 2.24. The maximum Gasteiger partial charge on any atom is 0.258 e. The van der Waals surface area contributed by atoms with E-state index in [4.69, 9.17) is 4.52 Å². The third-order valence-corrected chi connectivity index (χ3v) is 8.54. The number of aromatic nitrogens is 2. The Morgan fingerprint density at radius 3 is 2.52 bits per heavy atom. The second-order valence-corrected chi connectivity index (χ2v) is 10.3. The molecule has 176 valence electrons.